The van der Waals surface area contributed by atoms with E-state index in [1.54, 1.807) is 0 Å². The topological polar surface area (TPSA) is 28.7 Å². The van der Waals surface area contributed by atoms with Gasteiger partial charge in [-0.3, -0.25) is 4.98 Å². The summed E-state index contributed by atoms with van der Waals surface area (Å²) in [6, 6.07) is 10.2. The van der Waals surface area contributed by atoms with Gasteiger partial charge in [0.1, 0.15) is 0 Å². The van der Waals surface area contributed by atoms with Gasteiger partial charge in [0.2, 0.25) is 0 Å². The van der Waals surface area contributed by atoms with Crippen LogP contribution < -0.4 is 0 Å². The number of aromatic amines is 1. The Morgan fingerprint density at radius 1 is 1.15 bits per heavy atom. The van der Waals surface area contributed by atoms with Gasteiger partial charge in [-0.2, -0.15) is 0 Å². The summed E-state index contributed by atoms with van der Waals surface area (Å²) in [5.41, 5.74) is 2.21. The van der Waals surface area contributed by atoms with Gasteiger partial charge >= 0.3 is 1.43 Å². The van der Waals surface area contributed by atoms with Crippen molar-refractivity contribution in [1.82, 2.24) is 9.97 Å². The van der Waals surface area contributed by atoms with Gasteiger partial charge in [0.05, 0.1) is 11.0 Å². The van der Waals surface area contributed by atoms with Gasteiger partial charge in [0.15, 0.2) is 0 Å². The number of fused-ring (bicyclic) bond motifs is 3. The largest absolute Gasteiger partial charge is 1.00 e. The molecule has 2 heteroatoms. The second kappa shape index (κ2) is 2.33. The van der Waals surface area contributed by atoms with Crippen LogP contribution in [0, 0.1) is 0 Å². The lowest BCUT2D eigenvalue weighted by Crippen LogP contribution is -1.78. The number of rotatable bonds is 0. The first kappa shape index (κ1) is 6.66. The molecule has 0 saturated carbocycles. The molecule has 3 rings (SSSR count). The highest BCUT2D eigenvalue weighted by atomic mass is 14.7. The minimum Gasteiger partial charge on any atom is -0.361 e. The standard InChI is InChI=1S/C11H8N2/c1-2-4-10-9(3-1)11-8(7-13-10)5-6-12-11/h1-7,12H/p+1. The van der Waals surface area contributed by atoms with Gasteiger partial charge < -0.3 is 4.98 Å². The van der Waals surface area contributed by atoms with Gasteiger partial charge in [-0.05, 0) is 12.1 Å². The molecule has 62 valence electrons. The molecule has 13 heavy (non-hydrogen) atoms. The molecule has 2 aromatic heterocycles. The number of para-hydroxylation sites is 1. The van der Waals surface area contributed by atoms with Gasteiger partial charge in [-0.1, -0.05) is 18.2 Å². The Hall–Kier alpha value is -1.83. The van der Waals surface area contributed by atoms with Crippen molar-refractivity contribution in [3.05, 3.63) is 42.7 Å². The third-order valence-corrected chi connectivity index (χ3v) is 2.30. The van der Waals surface area contributed by atoms with E-state index in [1.807, 2.05) is 36.7 Å². The zero-order chi connectivity index (χ0) is 8.67. The highest BCUT2D eigenvalue weighted by molar-refractivity contribution is 6.02. The van der Waals surface area contributed by atoms with E-state index >= 15 is 0 Å². The molecule has 0 aliphatic carbocycles. The van der Waals surface area contributed by atoms with Crippen molar-refractivity contribution in [3.8, 4) is 0 Å². The van der Waals surface area contributed by atoms with E-state index in [0.29, 0.717) is 0 Å². The molecule has 0 aliphatic rings. The average Bonchev–Trinajstić information content (AvgIpc) is 2.65. The number of nitrogens with one attached hydrogen (secondary N) is 1. The Morgan fingerprint density at radius 2 is 2.08 bits per heavy atom. The number of hydrogen-bond donors (Lipinski definition) is 1. The normalized spacial score (nSPS) is 11.1. The monoisotopic (exact) mass is 169 g/mol. The first-order valence-corrected chi connectivity index (χ1v) is 4.26. The minimum absolute atomic E-state index is 0. The fourth-order valence-corrected chi connectivity index (χ4v) is 1.66. The summed E-state index contributed by atoms with van der Waals surface area (Å²) in [5, 5.41) is 2.35. The SMILES string of the molecule is [H+].c1ccc2c(c1)ncc1cc[nH]c12. The third kappa shape index (κ3) is 0.855. The molecule has 1 aromatic carbocycles. The summed E-state index contributed by atoms with van der Waals surface area (Å²) >= 11 is 0. The van der Waals surface area contributed by atoms with Crippen molar-refractivity contribution in [2.24, 2.45) is 0 Å². The van der Waals surface area contributed by atoms with Crippen molar-refractivity contribution >= 4 is 21.8 Å². The lowest BCUT2D eigenvalue weighted by molar-refractivity contribution is 1.43. The predicted octanol–water partition coefficient (Wildman–Crippen LogP) is 2.83. The Balaban J connectivity index is 0.000000750. The first-order chi connectivity index (χ1) is 6.45. The first-order valence-electron chi connectivity index (χ1n) is 4.26. The smallest absolute Gasteiger partial charge is 0.361 e. The van der Waals surface area contributed by atoms with Crippen molar-refractivity contribution in [2.75, 3.05) is 0 Å². The van der Waals surface area contributed by atoms with E-state index in [4.69, 9.17) is 0 Å². The fraction of sp³-hybridized carbons (Fsp3) is 0. The zero-order valence-corrected chi connectivity index (χ0v) is 6.99. The summed E-state index contributed by atoms with van der Waals surface area (Å²) in [4.78, 5) is 7.58. The van der Waals surface area contributed by atoms with E-state index in [9.17, 15) is 0 Å². The van der Waals surface area contributed by atoms with Crippen LogP contribution in [0.15, 0.2) is 42.7 Å². The molecule has 0 radical (unpaired) electrons. The van der Waals surface area contributed by atoms with Crippen molar-refractivity contribution in [2.45, 2.75) is 0 Å². The summed E-state index contributed by atoms with van der Waals surface area (Å²) in [7, 11) is 0. The van der Waals surface area contributed by atoms with Crippen molar-refractivity contribution in [1.29, 1.82) is 0 Å². The van der Waals surface area contributed by atoms with E-state index in [0.717, 1.165) is 5.52 Å². The molecular weight excluding hydrogens is 160 g/mol. The summed E-state index contributed by atoms with van der Waals surface area (Å²) < 4.78 is 0. The molecule has 0 bridgehead atoms. The van der Waals surface area contributed by atoms with Crippen LogP contribution in [0.4, 0.5) is 0 Å². The Kier molecular flexibility index (Phi) is 1.19. The lowest BCUT2D eigenvalue weighted by atomic mass is 10.2. The molecule has 3 aromatic rings. The highest BCUT2D eigenvalue weighted by Gasteiger charge is 1.99. The van der Waals surface area contributed by atoms with E-state index < -0.39 is 0 Å². The zero-order valence-electron chi connectivity index (χ0n) is 7.99. The maximum atomic E-state index is 4.36. The second-order valence-corrected chi connectivity index (χ2v) is 3.08. The number of aromatic nitrogens is 2. The fourth-order valence-electron chi connectivity index (χ4n) is 1.66. The summed E-state index contributed by atoms with van der Waals surface area (Å²) in [6.07, 6.45) is 3.84. The Bertz CT molecular complexity index is 571. The molecule has 0 unspecified atom stereocenters. The van der Waals surface area contributed by atoms with Gasteiger partial charge in [-0.15, -0.1) is 0 Å². The van der Waals surface area contributed by atoms with Crippen molar-refractivity contribution < 1.29 is 1.43 Å². The summed E-state index contributed by atoms with van der Waals surface area (Å²) in [6.45, 7) is 0. The number of nitrogens with zero attached hydrogens (tertiary/aromatic N) is 1. The number of pyridine rings is 1. The van der Waals surface area contributed by atoms with Gasteiger partial charge in [-0.25, -0.2) is 0 Å². The van der Waals surface area contributed by atoms with Crippen LogP contribution in [0.3, 0.4) is 0 Å². The molecule has 1 N–H and O–H groups in total. The molecule has 0 atom stereocenters. The quantitative estimate of drug-likeness (QED) is 0.550. The average molecular weight is 169 g/mol. The van der Waals surface area contributed by atoms with Crippen LogP contribution in [0.2, 0.25) is 0 Å². The Labute approximate surface area is 76.7 Å². The van der Waals surface area contributed by atoms with Crippen LogP contribution in [-0.2, 0) is 0 Å². The predicted molar refractivity (Wildman–Crippen MR) is 54.7 cm³/mol. The molecule has 2 nitrogen and oxygen atoms in total. The molecule has 0 amide bonds. The molecule has 0 saturated heterocycles. The number of hydrogen-bond acceptors (Lipinski definition) is 1. The third-order valence-electron chi connectivity index (χ3n) is 2.30. The highest BCUT2D eigenvalue weighted by Crippen LogP contribution is 2.20. The van der Waals surface area contributed by atoms with E-state index in [-0.39, 0.29) is 1.43 Å². The van der Waals surface area contributed by atoms with Crippen LogP contribution in [0.1, 0.15) is 1.43 Å². The van der Waals surface area contributed by atoms with Gasteiger partial charge in [0, 0.05) is 23.2 Å². The van der Waals surface area contributed by atoms with Crippen LogP contribution in [0.5, 0.6) is 0 Å². The molecule has 0 fully saturated rings. The van der Waals surface area contributed by atoms with Crippen LogP contribution in [0.25, 0.3) is 21.8 Å². The summed E-state index contributed by atoms with van der Waals surface area (Å²) in [5.74, 6) is 0. The van der Waals surface area contributed by atoms with Gasteiger partial charge in [0.25, 0.3) is 0 Å². The minimum atomic E-state index is 0. The Morgan fingerprint density at radius 3 is 3.08 bits per heavy atom. The maximum Gasteiger partial charge on any atom is 1.00 e. The second-order valence-electron chi connectivity index (χ2n) is 3.08. The molecular formula is C11H9N2+. The number of benzene rings is 1. The van der Waals surface area contributed by atoms with Crippen LogP contribution >= 0.6 is 0 Å². The van der Waals surface area contributed by atoms with E-state index in [2.05, 4.69) is 16.0 Å². The molecule has 0 aliphatic heterocycles. The molecule has 2 heterocycles. The lowest BCUT2D eigenvalue weighted by Gasteiger charge is -1.96. The molecule has 0 spiro atoms. The number of H-pyrrole nitrogens is 1. The maximum absolute atomic E-state index is 4.36. The van der Waals surface area contributed by atoms with Crippen LogP contribution in [-0.4, -0.2) is 9.97 Å². The van der Waals surface area contributed by atoms with E-state index in [1.165, 1.54) is 16.3 Å². The van der Waals surface area contributed by atoms with Crippen molar-refractivity contribution in [3.63, 3.8) is 0 Å².